The molecule has 0 unspecified atom stereocenters. The molecule has 0 aliphatic rings. The van der Waals surface area contributed by atoms with Gasteiger partial charge in [0, 0.05) is 31.0 Å². The summed E-state index contributed by atoms with van der Waals surface area (Å²) in [5.41, 5.74) is 7.55. The maximum Gasteiger partial charge on any atom is 0.410 e. The van der Waals surface area contributed by atoms with Gasteiger partial charge in [-0.25, -0.2) is 4.79 Å². The van der Waals surface area contributed by atoms with Crippen molar-refractivity contribution in [1.82, 2.24) is 4.90 Å². The zero-order valence-electron chi connectivity index (χ0n) is 19.3. The van der Waals surface area contributed by atoms with E-state index in [2.05, 4.69) is 10.0 Å². The fraction of sp³-hybridized carbons (Fsp3) is 0.900. The van der Waals surface area contributed by atoms with E-state index in [0.717, 1.165) is 0 Å². The van der Waals surface area contributed by atoms with Crippen LogP contribution in [0.5, 0.6) is 0 Å². The summed E-state index contributed by atoms with van der Waals surface area (Å²) in [7, 11) is 0. The molecule has 0 aromatic heterocycles. The third kappa shape index (κ3) is 19.6. The zero-order valence-corrected chi connectivity index (χ0v) is 19.3. The first-order valence-electron chi connectivity index (χ1n) is 10.7. The summed E-state index contributed by atoms with van der Waals surface area (Å²) in [4.78, 5) is 28.1. The number of hydrogen-bond donors (Lipinski definition) is 0. The smallest absolute Gasteiger partial charge is 0.410 e. The molecule has 0 atom stereocenters. The second-order valence-electron chi connectivity index (χ2n) is 7.52. The highest BCUT2D eigenvalue weighted by atomic mass is 16.6. The van der Waals surface area contributed by atoms with E-state index >= 15 is 0 Å². The van der Waals surface area contributed by atoms with E-state index in [9.17, 15) is 9.59 Å². The summed E-state index contributed by atoms with van der Waals surface area (Å²) >= 11 is 0. The molecule has 11 nitrogen and oxygen atoms in total. The molecule has 0 heterocycles. The van der Waals surface area contributed by atoms with Crippen molar-refractivity contribution >= 4 is 12.1 Å². The van der Waals surface area contributed by atoms with Crippen LogP contribution in [0.3, 0.4) is 0 Å². The minimum Gasteiger partial charge on any atom is -0.466 e. The van der Waals surface area contributed by atoms with Crippen molar-refractivity contribution in [1.29, 1.82) is 0 Å². The number of ether oxygens (including phenoxy) is 5. The molecule has 11 heteroatoms. The van der Waals surface area contributed by atoms with Crippen molar-refractivity contribution in [2.45, 2.75) is 52.6 Å². The predicted molar refractivity (Wildman–Crippen MR) is 115 cm³/mol. The number of esters is 1. The molecule has 0 saturated heterocycles. The molecule has 180 valence electrons. The van der Waals surface area contributed by atoms with Crippen LogP contribution in [-0.2, 0) is 28.5 Å². The number of unbranched alkanes of at least 4 members (excludes halogenated alkanes) is 1. The summed E-state index contributed by atoms with van der Waals surface area (Å²) in [6.45, 7) is 11.1. The number of hydrogen-bond acceptors (Lipinski definition) is 8. The molecule has 0 N–H and O–H groups in total. The Kier molecular flexibility index (Phi) is 17.4. The van der Waals surface area contributed by atoms with Crippen LogP contribution in [0.1, 0.15) is 47.0 Å². The van der Waals surface area contributed by atoms with Gasteiger partial charge in [0.2, 0.25) is 0 Å². The Labute approximate surface area is 184 Å². The lowest BCUT2D eigenvalue weighted by Crippen LogP contribution is -2.39. The summed E-state index contributed by atoms with van der Waals surface area (Å²) in [5, 5.41) is 3.36. The highest BCUT2D eigenvalue weighted by Crippen LogP contribution is 2.11. The van der Waals surface area contributed by atoms with Crippen LogP contribution in [0, 0.1) is 0 Å². The predicted octanol–water partition coefficient (Wildman–Crippen LogP) is 3.32. The summed E-state index contributed by atoms with van der Waals surface area (Å²) in [5.74, 6) is -0.226. The highest BCUT2D eigenvalue weighted by molar-refractivity contribution is 5.69. The van der Waals surface area contributed by atoms with Crippen molar-refractivity contribution in [3.63, 3.8) is 0 Å². The molecule has 0 aromatic rings. The van der Waals surface area contributed by atoms with Crippen LogP contribution < -0.4 is 0 Å². The van der Waals surface area contributed by atoms with E-state index in [-0.39, 0.29) is 5.97 Å². The lowest BCUT2D eigenvalue weighted by atomic mass is 10.2. The van der Waals surface area contributed by atoms with Gasteiger partial charge in [-0.15, -0.1) is 0 Å². The minimum absolute atomic E-state index is 0.226. The second kappa shape index (κ2) is 18.7. The minimum atomic E-state index is -0.585. The SMILES string of the molecule is CCOC(=O)CCCCN(CCOCCOCCOCCN=[N+]=[N-])C(=O)OC(C)(C)C. The van der Waals surface area contributed by atoms with E-state index in [4.69, 9.17) is 29.2 Å². The molecule has 0 saturated carbocycles. The normalized spacial score (nSPS) is 11.0. The lowest BCUT2D eigenvalue weighted by molar-refractivity contribution is -0.143. The van der Waals surface area contributed by atoms with Gasteiger partial charge in [0.25, 0.3) is 0 Å². The van der Waals surface area contributed by atoms with E-state index in [1.165, 1.54) is 0 Å². The molecular weight excluding hydrogens is 408 g/mol. The fourth-order valence-corrected chi connectivity index (χ4v) is 2.29. The quantitative estimate of drug-likeness (QED) is 0.104. The van der Waals surface area contributed by atoms with Gasteiger partial charge in [0.1, 0.15) is 5.60 Å². The maximum atomic E-state index is 12.4. The average molecular weight is 447 g/mol. The van der Waals surface area contributed by atoms with Crippen LogP contribution in [0.4, 0.5) is 4.79 Å². The summed E-state index contributed by atoms with van der Waals surface area (Å²) in [6, 6.07) is 0. The molecule has 0 aliphatic carbocycles. The number of rotatable bonds is 18. The molecule has 0 aromatic carbocycles. The van der Waals surface area contributed by atoms with E-state index in [0.29, 0.717) is 85.1 Å². The van der Waals surface area contributed by atoms with E-state index in [1.807, 2.05) is 20.8 Å². The molecule has 0 radical (unpaired) electrons. The standard InChI is InChI=1S/C20H38N4O7/c1-5-30-18(25)8-6-7-10-24(19(26)31-20(2,3)4)11-13-28-15-17-29-16-14-27-12-9-22-23-21/h5-17H2,1-4H3. The van der Waals surface area contributed by atoms with Gasteiger partial charge in [-0.2, -0.15) is 0 Å². The monoisotopic (exact) mass is 446 g/mol. The molecule has 0 aliphatic heterocycles. The Bertz CT molecular complexity index is 534. The molecule has 1 amide bonds. The van der Waals surface area contributed by atoms with Crippen molar-refractivity contribution in [2.24, 2.45) is 5.11 Å². The Balaban J connectivity index is 4.04. The molecule has 0 fully saturated rings. The Hall–Kier alpha value is -2.07. The third-order valence-corrected chi connectivity index (χ3v) is 3.66. The average Bonchev–Trinajstić information content (AvgIpc) is 2.69. The second-order valence-corrected chi connectivity index (χ2v) is 7.52. The first-order chi connectivity index (χ1) is 14.8. The molecular formula is C20H38N4O7. The number of amides is 1. The van der Waals surface area contributed by atoms with Crippen molar-refractivity contribution in [3.05, 3.63) is 10.4 Å². The van der Waals surface area contributed by atoms with E-state index < -0.39 is 11.7 Å². The van der Waals surface area contributed by atoms with Gasteiger partial charge in [-0.1, -0.05) is 5.11 Å². The van der Waals surface area contributed by atoms with Crippen LogP contribution in [0.2, 0.25) is 0 Å². The fourth-order valence-electron chi connectivity index (χ4n) is 2.29. The van der Waals surface area contributed by atoms with Gasteiger partial charge in [-0.05, 0) is 46.1 Å². The Morgan fingerprint density at radius 2 is 1.55 bits per heavy atom. The molecule has 31 heavy (non-hydrogen) atoms. The van der Waals surface area contributed by atoms with Crippen molar-refractivity contribution in [3.8, 4) is 0 Å². The largest absolute Gasteiger partial charge is 0.466 e. The first kappa shape index (κ1) is 28.9. The number of carbonyl (C=O) groups excluding carboxylic acids is 2. The number of azide groups is 1. The molecule has 0 spiro atoms. The third-order valence-electron chi connectivity index (χ3n) is 3.66. The van der Waals surface area contributed by atoms with Gasteiger partial charge < -0.3 is 28.6 Å². The molecule has 0 rings (SSSR count). The Morgan fingerprint density at radius 3 is 2.13 bits per heavy atom. The van der Waals surface area contributed by atoms with E-state index in [1.54, 1.807) is 11.8 Å². The zero-order chi connectivity index (χ0) is 23.4. The van der Waals surface area contributed by atoms with Gasteiger partial charge in [-0.3, -0.25) is 4.79 Å². The number of nitrogens with zero attached hydrogens (tertiary/aromatic N) is 4. The van der Waals surface area contributed by atoms with Crippen LogP contribution in [0.25, 0.3) is 10.4 Å². The Morgan fingerprint density at radius 1 is 0.935 bits per heavy atom. The van der Waals surface area contributed by atoms with Crippen molar-refractivity contribution < 1.29 is 33.3 Å². The van der Waals surface area contributed by atoms with Gasteiger partial charge in [0.05, 0.1) is 46.2 Å². The molecule has 0 bridgehead atoms. The highest BCUT2D eigenvalue weighted by Gasteiger charge is 2.21. The van der Waals surface area contributed by atoms with Crippen molar-refractivity contribution in [2.75, 3.05) is 65.9 Å². The van der Waals surface area contributed by atoms with Gasteiger partial charge in [0.15, 0.2) is 0 Å². The number of carbonyl (C=O) groups is 2. The lowest BCUT2D eigenvalue weighted by Gasteiger charge is -2.27. The topological polar surface area (TPSA) is 132 Å². The van der Waals surface area contributed by atoms with Gasteiger partial charge >= 0.3 is 12.1 Å². The van der Waals surface area contributed by atoms with Crippen LogP contribution >= 0.6 is 0 Å². The van der Waals surface area contributed by atoms with Crippen LogP contribution in [-0.4, -0.2) is 88.4 Å². The van der Waals surface area contributed by atoms with Crippen LogP contribution in [0.15, 0.2) is 5.11 Å². The maximum absolute atomic E-state index is 12.4. The summed E-state index contributed by atoms with van der Waals surface area (Å²) in [6.07, 6.45) is 1.24. The summed E-state index contributed by atoms with van der Waals surface area (Å²) < 4.78 is 26.5. The first-order valence-corrected chi connectivity index (χ1v) is 10.7.